The summed E-state index contributed by atoms with van der Waals surface area (Å²) in [6.07, 6.45) is 3.20. The molecule has 1 fully saturated rings. The van der Waals surface area contributed by atoms with E-state index in [1.165, 1.54) is 29.2 Å². The Morgan fingerprint density at radius 3 is 2.32 bits per heavy atom. The van der Waals surface area contributed by atoms with E-state index in [4.69, 9.17) is 4.74 Å². The fourth-order valence-electron chi connectivity index (χ4n) is 4.52. The predicted molar refractivity (Wildman–Crippen MR) is 140 cm³/mol. The van der Waals surface area contributed by atoms with Crippen LogP contribution in [0.25, 0.3) is 5.76 Å². The number of hydrogen-bond acceptors (Lipinski definition) is 5. The second kappa shape index (κ2) is 10.7. The first-order valence-electron chi connectivity index (χ1n) is 12.1. The molecule has 1 N–H and O–H groups in total. The van der Waals surface area contributed by atoms with Crippen molar-refractivity contribution in [2.24, 2.45) is 0 Å². The van der Waals surface area contributed by atoms with Crippen LogP contribution in [0.3, 0.4) is 0 Å². The number of aliphatic hydroxyl groups excluding tert-OH is 1. The number of aromatic nitrogens is 1. The van der Waals surface area contributed by atoms with E-state index in [1.54, 1.807) is 48.8 Å². The third-order valence-electron chi connectivity index (χ3n) is 6.61. The number of ether oxygens (including phenoxy) is 1. The van der Waals surface area contributed by atoms with Gasteiger partial charge in [-0.25, -0.2) is 4.39 Å². The molecule has 0 radical (unpaired) electrons. The Bertz CT molecular complexity index is 1500. The number of carbonyl (C=O) groups is 2. The van der Waals surface area contributed by atoms with Gasteiger partial charge in [0.25, 0.3) is 11.7 Å². The van der Waals surface area contributed by atoms with Crippen molar-refractivity contribution in [3.63, 3.8) is 0 Å². The number of rotatable bonds is 7. The topological polar surface area (TPSA) is 79.7 Å². The largest absolute Gasteiger partial charge is 0.507 e. The lowest BCUT2D eigenvalue weighted by Crippen LogP contribution is -2.29. The average Bonchev–Trinajstić information content (AvgIpc) is 3.18. The van der Waals surface area contributed by atoms with Gasteiger partial charge in [-0.1, -0.05) is 36.4 Å². The SMILES string of the molecule is Cc1ccccc1COc1ccc(/C(O)=C2\C(=O)C(=O)N(Cc3ccncc3)C2c2ccc(F)cc2)cc1. The summed E-state index contributed by atoms with van der Waals surface area (Å²) in [5.41, 5.74) is 3.78. The van der Waals surface area contributed by atoms with E-state index in [-0.39, 0.29) is 17.9 Å². The van der Waals surface area contributed by atoms with Gasteiger partial charge < -0.3 is 14.7 Å². The van der Waals surface area contributed by atoms with Gasteiger partial charge >= 0.3 is 0 Å². The van der Waals surface area contributed by atoms with E-state index in [2.05, 4.69) is 4.98 Å². The van der Waals surface area contributed by atoms with E-state index >= 15 is 0 Å². The first-order chi connectivity index (χ1) is 18.4. The molecule has 190 valence electrons. The molecule has 1 aromatic heterocycles. The quantitative estimate of drug-likeness (QED) is 0.196. The van der Waals surface area contributed by atoms with Crippen molar-refractivity contribution < 1.29 is 23.8 Å². The highest BCUT2D eigenvalue weighted by Crippen LogP contribution is 2.40. The van der Waals surface area contributed by atoms with Crippen molar-refractivity contribution in [3.8, 4) is 5.75 Å². The zero-order valence-electron chi connectivity index (χ0n) is 20.7. The van der Waals surface area contributed by atoms with E-state index < -0.39 is 23.5 Å². The zero-order valence-corrected chi connectivity index (χ0v) is 20.7. The monoisotopic (exact) mass is 508 g/mol. The lowest BCUT2D eigenvalue weighted by atomic mass is 9.95. The molecule has 3 aromatic carbocycles. The van der Waals surface area contributed by atoms with Crippen LogP contribution in [0.4, 0.5) is 4.39 Å². The van der Waals surface area contributed by atoms with E-state index in [0.717, 1.165) is 16.7 Å². The Morgan fingerprint density at radius 2 is 1.63 bits per heavy atom. The van der Waals surface area contributed by atoms with Gasteiger partial charge in [0.1, 0.15) is 23.9 Å². The highest BCUT2D eigenvalue weighted by atomic mass is 19.1. The van der Waals surface area contributed by atoms with Gasteiger partial charge in [0, 0.05) is 24.5 Å². The van der Waals surface area contributed by atoms with E-state index in [9.17, 15) is 19.1 Å². The molecular formula is C31H25FN2O4. The smallest absolute Gasteiger partial charge is 0.295 e. The van der Waals surface area contributed by atoms with E-state index in [0.29, 0.717) is 23.5 Å². The standard InChI is InChI=1S/C31H25FN2O4/c1-20-4-2-3-5-24(20)19-38-26-12-8-23(9-13-26)29(35)27-28(22-6-10-25(32)11-7-22)34(31(37)30(27)36)18-21-14-16-33-17-15-21/h2-17,28,35H,18-19H2,1H3/b29-27+. The summed E-state index contributed by atoms with van der Waals surface area (Å²) < 4.78 is 19.6. The van der Waals surface area contributed by atoms with Crippen LogP contribution in [0.2, 0.25) is 0 Å². The number of hydrogen-bond donors (Lipinski definition) is 1. The van der Waals surface area contributed by atoms with Gasteiger partial charge in [-0.3, -0.25) is 14.6 Å². The van der Waals surface area contributed by atoms with Crippen molar-refractivity contribution in [3.05, 3.63) is 137 Å². The molecular weight excluding hydrogens is 483 g/mol. The highest BCUT2D eigenvalue weighted by Gasteiger charge is 2.46. The number of aryl methyl sites for hydroxylation is 1. The predicted octanol–water partition coefficient (Wildman–Crippen LogP) is 5.73. The van der Waals surface area contributed by atoms with Crippen LogP contribution in [-0.2, 0) is 22.7 Å². The molecule has 5 rings (SSSR count). The molecule has 2 heterocycles. The Kier molecular flexibility index (Phi) is 7.00. The number of carbonyl (C=O) groups excluding carboxylic acids is 2. The summed E-state index contributed by atoms with van der Waals surface area (Å²) in [4.78, 5) is 31.7. The number of nitrogens with zero attached hydrogens (tertiary/aromatic N) is 2. The summed E-state index contributed by atoms with van der Waals surface area (Å²) in [5.74, 6) is -1.69. The fraction of sp³-hybridized carbons (Fsp3) is 0.129. The Morgan fingerprint density at radius 1 is 0.947 bits per heavy atom. The number of halogens is 1. The molecule has 1 atom stereocenters. The molecule has 1 saturated heterocycles. The molecule has 7 heteroatoms. The summed E-state index contributed by atoms with van der Waals surface area (Å²) >= 11 is 0. The van der Waals surface area contributed by atoms with Crippen molar-refractivity contribution in [2.45, 2.75) is 26.1 Å². The molecule has 6 nitrogen and oxygen atoms in total. The number of Topliss-reactive ketones (excluding diaryl/α,β-unsaturated/α-hetero) is 1. The minimum atomic E-state index is -0.888. The van der Waals surface area contributed by atoms with Gasteiger partial charge in [-0.05, 0) is 77.7 Å². The van der Waals surface area contributed by atoms with Gasteiger partial charge in [-0.15, -0.1) is 0 Å². The van der Waals surface area contributed by atoms with Crippen LogP contribution in [-0.4, -0.2) is 26.7 Å². The second-order valence-corrected chi connectivity index (χ2v) is 9.07. The summed E-state index contributed by atoms with van der Waals surface area (Å²) in [6, 6.07) is 22.8. The number of ketones is 1. The third kappa shape index (κ3) is 5.04. The Balaban J connectivity index is 1.47. The van der Waals surface area contributed by atoms with Crippen LogP contribution in [0.15, 0.2) is 103 Å². The number of likely N-dealkylation sites (tertiary alicyclic amines) is 1. The lowest BCUT2D eigenvalue weighted by Gasteiger charge is -2.25. The Hall–Kier alpha value is -4.78. The second-order valence-electron chi connectivity index (χ2n) is 9.07. The first kappa shape index (κ1) is 24.9. The molecule has 4 aromatic rings. The van der Waals surface area contributed by atoms with Crippen molar-refractivity contribution in [2.75, 3.05) is 0 Å². The number of amides is 1. The fourth-order valence-corrected chi connectivity index (χ4v) is 4.52. The van der Waals surface area contributed by atoms with Crippen molar-refractivity contribution in [1.82, 2.24) is 9.88 Å². The summed E-state index contributed by atoms with van der Waals surface area (Å²) in [7, 11) is 0. The molecule has 38 heavy (non-hydrogen) atoms. The van der Waals surface area contributed by atoms with Gasteiger partial charge in [0.05, 0.1) is 11.6 Å². The molecule has 0 spiro atoms. The third-order valence-corrected chi connectivity index (χ3v) is 6.61. The maximum Gasteiger partial charge on any atom is 0.295 e. The summed E-state index contributed by atoms with van der Waals surface area (Å²) in [6.45, 7) is 2.53. The zero-order chi connectivity index (χ0) is 26.6. The van der Waals surface area contributed by atoms with Crippen LogP contribution >= 0.6 is 0 Å². The normalized spacial score (nSPS) is 16.6. The maximum absolute atomic E-state index is 13.7. The van der Waals surface area contributed by atoms with Crippen LogP contribution in [0.1, 0.15) is 33.9 Å². The molecule has 1 unspecified atom stereocenters. The van der Waals surface area contributed by atoms with Crippen LogP contribution in [0.5, 0.6) is 5.75 Å². The number of benzene rings is 3. The van der Waals surface area contributed by atoms with Crippen LogP contribution in [0, 0.1) is 12.7 Å². The van der Waals surface area contributed by atoms with E-state index in [1.807, 2.05) is 31.2 Å². The molecule has 1 aliphatic heterocycles. The maximum atomic E-state index is 13.7. The molecule has 0 bridgehead atoms. The minimum Gasteiger partial charge on any atom is -0.507 e. The van der Waals surface area contributed by atoms with Crippen molar-refractivity contribution >= 4 is 17.4 Å². The van der Waals surface area contributed by atoms with Gasteiger partial charge in [0.2, 0.25) is 0 Å². The molecule has 1 amide bonds. The lowest BCUT2D eigenvalue weighted by molar-refractivity contribution is -0.140. The van der Waals surface area contributed by atoms with Crippen LogP contribution < -0.4 is 4.74 Å². The minimum absolute atomic E-state index is 0.0516. The highest BCUT2D eigenvalue weighted by molar-refractivity contribution is 6.46. The Labute approximate surface area is 219 Å². The molecule has 1 aliphatic rings. The van der Waals surface area contributed by atoms with Gasteiger partial charge in [0.15, 0.2) is 0 Å². The van der Waals surface area contributed by atoms with Crippen molar-refractivity contribution in [1.29, 1.82) is 0 Å². The first-order valence-corrected chi connectivity index (χ1v) is 12.1. The number of pyridine rings is 1. The summed E-state index contributed by atoms with van der Waals surface area (Å²) in [5, 5.41) is 11.3. The number of aliphatic hydroxyl groups is 1. The van der Waals surface area contributed by atoms with Gasteiger partial charge in [-0.2, -0.15) is 0 Å². The molecule has 0 saturated carbocycles. The average molecular weight is 509 g/mol. The molecule has 0 aliphatic carbocycles.